The number of nitrogens with one attached hydrogen (secondary N) is 2. The Labute approximate surface area is 110 Å². The number of hydrogen-bond acceptors (Lipinski definition) is 3. The second-order valence-electron chi connectivity index (χ2n) is 4.28. The third-order valence-corrected chi connectivity index (χ3v) is 2.79. The lowest BCUT2D eigenvalue weighted by atomic mass is 10.1. The lowest BCUT2D eigenvalue weighted by molar-refractivity contribution is -0.123. The normalized spacial score (nSPS) is 15.7. The summed E-state index contributed by atoms with van der Waals surface area (Å²) < 4.78 is 2.00. The molecular weight excluding hydrogens is 250 g/mol. The van der Waals surface area contributed by atoms with Gasteiger partial charge in [0.15, 0.2) is 5.11 Å². The van der Waals surface area contributed by atoms with Crippen LogP contribution in [0.5, 0.6) is 0 Å². The first-order valence-electron chi connectivity index (χ1n) is 5.53. The molecule has 0 spiro atoms. The van der Waals surface area contributed by atoms with Gasteiger partial charge < -0.3 is 4.57 Å². The highest BCUT2D eigenvalue weighted by atomic mass is 32.1. The van der Waals surface area contributed by atoms with Gasteiger partial charge in [-0.2, -0.15) is 0 Å². The van der Waals surface area contributed by atoms with Crippen LogP contribution in [-0.2, 0) is 9.59 Å². The van der Waals surface area contributed by atoms with Gasteiger partial charge in [0.2, 0.25) is 0 Å². The lowest BCUT2D eigenvalue weighted by Crippen LogP contribution is -2.51. The average molecular weight is 263 g/mol. The Morgan fingerprint density at radius 2 is 1.89 bits per heavy atom. The summed E-state index contributed by atoms with van der Waals surface area (Å²) in [7, 11) is 0. The summed E-state index contributed by atoms with van der Waals surface area (Å²) in [4.78, 5) is 23.3. The summed E-state index contributed by atoms with van der Waals surface area (Å²) >= 11 is 4.72. The third kappa shape index (κ3) is 2.48. The van der Waals surface area contributed by atoms with Crippen molar-refractivity contribution in [2.45, 2.75) is 19.9 Å². The number of nitrogens with zero attached hydrogens (tertiary/aromatic N) is 1. The zero-order chi connectivity index (χ0) is 13.3. The molecule has 0 bridgehead atoms. The molecule has 0 radical (unpaired) electrons. The number of carbonyl (C=O) groups excluding carboxylic acids is 2. The fourth-order valence-electron chi connectivity index (χ4n) is 1.61. The number of rotatable bonds is 2. The number of aromatic nitrogens is 1. The van der Waals surface area contributed by atoms with Gasteiger partial charge in [-0.05, 0) is 43.8 Å². The molecule has 6 heteroatoms. The summed E-state index contributed by atoms with van der Waals surface area (Å²) in [6, 6.07) is 2.18. The molecule has 1 fully saturated rings. The van der Waals surface area contributed by atoms with E-state index < -0.39 is 11.8 Å². The van der Waals surface area contributed by atoms with Crippen molar-refractivity contribution in [2.24, 2.45) is 0 Å². The van der Waals surface area contributed by atoms with Gasteiger partial charge in [-0.25, -0.2) is 0 Å². The summed E-state index contributed by atoms with van der Waals surface area (Å²) in [6.07, 6.45) is 5.33. The molecule has 1 aromatic rings. The SMILES string of the molecule is CC(C)n1ccc(C=C2C(=O)NC(=S)NC2=O)c1. The predicted molar refractivity (Wildman–Crippen MR) is 71.7 cm³/mol. The largest absolute Gasteiger partial charge is 0.351 e. The molecule has 2 amide bonds. The first kappa shape index (κ1) is 12.5. The Morgan fingerprint density at radius 3 is 2.39 bits per heavy atom. The van der Waals surface area contributed by atoms with Crippen LogP contribution in [0.3, 0.4) is 0 Å². The van der Waals surface area contributed by atoms with Crippen molar-refractivity contribution in [3.8, 4) is 0 Å². The Kier molecular flexibility index (Phi) is 3.29. The van der Waals surface area contributed by atoms with Crippen molar-refractivity contribution in [2.75, 3.05) is 0 Å². The second-order valence-corrected chi connectivity index (χ2v) is 4.69. The van der Waals surface area contributed by atoms with Crippen molar-refractivity contribution in [1.29, 1.82) is 0 Å². The van der Waals surface area contributed by atoms with E-state index in [1.165, 1.54) is 0 Å². The maximum atomic E-state index is 11.6. The van der Waals surface area contributed by atoms with E-state index in [9.17, 15) is 9.59 Å². The van der Waals surface area contributed by atoms with E-state index in [4.69, 9.17) is 12.2 Å². The van der Waals surface area contributed by atoms with Crippen LogP contribution in [0.4, 0.5) is 0 Å². The smallest absolute Gasteiger partial charge is 0.263 e. The van der Waals surface area contributed by atoms with Crippen molar-refractivity contribution >= 4 is 35.2 Å². The van der Waals surface area contributed by atoms with Crippen LogP contribution in [0, 0.1) is 0 Å². The van der Waals surface area contributed by atoms with E-state index in [-0.39, 0.29) is 10.7 Å². The minimum absolute atomic E-state index is 0.0434. The molecule has 2 rings (SSSR count). The van der Waals surface area contributed by atoms with Crippen molar-refractivity contribution in [3.05, 3.63) is 29.6 Å². The number of thiocarbonyl (C=S) groups is 1. The molecule has 0 aromatic carbocycles. The van der Waals surface area contributed by atoms with Gasteiger partial charge in [-0.1, -0.05) is 0 Å². The van der Waals surface area contributed by atoms with Gasteiger partial charge in [0.05, 0.1) is 0 Å². The van der Waals surface area contributed by atoms with E-state index in [2.05, 4.69) is 24.5 Å². The number of carbonyl (C=O) groups is 2. The fourth-order valence-corrected chi connectivity index (χ4v) is 1.80. The van der Waals surface area contributed by atoms with Gasteiger partial charge in [-0.15, -0.1) is 0 Å². The minimum atomic E-state index is -0.471. The zero-order valence-electron chi connectivity index (χ0n) is 10.1. The summed E-state index contributed by atoms with van der Waals surface area (Å²) in [5.74, 6) is -0.943. The van der Waals surface area contributed by atoms with E-state index in [1.807, 2.05) is 23.0 Å². The number of amides is 2. The fraction of sp³-hybridized carbons (Fsp3) is 0.250. The minimum Gasteiger partial charge on any atom is -0.351 e. The van der Waals surface area contributed by atoms with Crippen LogP contribution in [0.15, 0.2) is 24.0 Å². The highest BCUT2D eigenvalue weighted by Crippen LogP contribution is 2.13. The molecule has 0 atom stereocenters. The predicted octanol–water partition coefficient (Wildman–Crippen LogP) is 0.983. The van der Waals surface area contributed by atoms with Crippen LogP contribution in [-0.4, -0.2) is 21.5 Å². The van der Waals surface area contributed by atoms with Crippen LogP contribution in [0.2, 0.25) is 0 Å². The van der Waals surface area contributed by atoms with Crippen molar-refractivity contribution in [3.63, 3.8) is 0 Å². The zero-order valence-corrected chi connectivity index (χ0v) is 10.9. The standard InChI is InChI=1S/C12H13N3O2S/c1-7(2)15-4-3-8(6-15)5-9-10(16)13-12(18)14-11(9)17/h3-7H,1-2H3,(H2,13,14,16,17,18). The van der Waals surface area contributed by atoms with E-state index in [0.717, 1.165) is 5.56 Å². The first-order chi connectivity index (χ1) is 8.47. The molecule has 1 aliphatic rings. The Hall–Kier alpha value is -1.95. The molecule has 2 N–H and O–H groups in total. The van der Waals surface area contributed by atoms with Gasteiger partial charge in [0.25, 0.3) is 11.8 Å². The van der Waals surface area contributed by atoms with Gasteiger partial charge >= 0.3 is 0 Å². The molecular formula is C12H13N3O2S. The molecule has 94 valence electrons. The van der Waals surface area contributed by atoms with E-state index in [1.54, 1.807) is 6.08 Å². The third-order valence-electron chi connectivity index (χ3n) is 2.59. The highest BCUT2D eigenvalue weighted by Gasteiger charge is 2.25. The van der Waals surface area contributed by atoms with E-state index >= 15 is 0 Å². The molecule has 1 saturated heterocycles. The summed E-state index contributed by atoms with van der Waals surface area (Å²) in [6.45, 7) is 4.10. The van der Waals surface area contributed by atoms with Gasteiger partial charge in [0, 0.05) is 18.4 Å². The lowest BCUT2D eigenvalue weighted by Gasteiger charge is -2.16. The number of hydrogen-bond donors (Lipinski definition) is 2. The molecule has 0 unspecified atom stereocenters. The second kappa shape index (κ2) is 4.73. The molecule has 5 nitrogen and oxygen atoms in total. The maximum Gasteiger partial charge on any atom is 0.263 e. The molecule has 1 aromatic heterocycles. The summed E-state index contributed by atoms with van der Waals surface area (Å²) in [5.41, 5.74) is 0.863. The summed E-state index contributed by atoms with van der Waals surface area (Å²) in [5, 5.41) is 4.83. The first-order valence-corrected chi connectivity index (χ1v) is 5.94. The van der Waals surface area contributed by atoms with Crippen LogP contribution >= 0.6 is 12.2 Å². The Balaban J connectivity index is 2.28. The monoisotopic (exact) mass is 263 g/mol. The Bertz CT molecular complexity index is 535. The van der Waals surface area contributed by atoms with Crippen molar-refractivity contribution in [1.82, 2.24) is 15.2 Å². The van der Waals surface area contributed by atoms with Gasteiger partial charge in [0.1, 0.15) is 5.57 Å². The maximum absolute atomic E-state index is 11.6. The highest BCUT2D eigenvalue weighted by molar-refractivity contribution is 7.80. The van der Waals surface area contributed by atoms with Crippen LogP contribution in [0.1, 0.15) is 25.5 Å². The molecule has 0 saturated carbocycles. The quantitative estimate of drug-likeness (QED) is 0.475. The average Bonchev–Trinajstić information content (AvgIpc) is 2.71. The topological polar surface area (TPSA) is 63.1 Å². The van der Waals surface area contributed by atoms with Gasteiger partial charge in [-0.3, -0.25) is 20.2 Å². The molecule has 1 aliphatic heterocycles. The molecule has 18 heavy (non-hydrogen) atoms. The Morgan fingerprint density at radius 1 is 1.28 bits per heavy atom. The molecule has 0 aliphatic carbocycles. The van der Waals surface area contributed by atoms with Crippen molar-refractivity contribution < 1.29 is 9.59 Å². The van der Waals surface area contributed by atoms with Crippen LogP contribution in [0.25, 0.3) is 6.08 Å². The molecule has 2 heterocycles. The van der Waals surface area contributed by atoms with E-state index in [0.29, 0.717) is 6.04 Å². The van der Waals surface area contributed by atoms with Crippen LogP contribution < -0.4 is 10.6 Å².